The molecular weight excluding hydrogens is 387 g/mol. The molecule has 0 aliphatic carbocycles. The Morgan fingerprint density at radius 3 is 2.87 bits per heavy atom. The molecule has 0 bridgehead atoms. The number of benzene rings is 1. The Morgan fingerprint density at radius 2 is 2.10 bits per heavy atom. The summed E-state index contributed by atoms with van der Waals surface area (Å²) in [5, 5.41) is 0. The highest BCUT2D eigenvalue weighted by Gasteiger charge is 2.29. The van der Waals surface area contributed by atoms with E-state index in [-0.39, 0.29) is 29.6 Å². The fourth-order valence-electron chi connectivity index (χ4n) is 3.65. The molecule has 30 heavy (non-hydrogen) atoms. The summed E-state index contributed by atoms with van der Waals surface area (Å²) < 4.78 is 18.3. The van der Waals surface area contributed by atoms with Crippen molar-refractivity contribution < 1.29 is 13.9 Å². The quantitative estimate of drug-likeness (QED) is 0.701. The number of methoxy groups -OCH3 is 1. The standard InChI is InChI=1S/C22H21FN4O3/c1-30-22-17(3-2-9-24-22)18-12-19(28)26-21(25-18)15-8-10-27(13-15)20(29)11-14-4-6-16(23)7-5-14/h2-7,9,12,15H,8,10-11,13H2,1H3,(H,25,26,28)/t15-/m0/s1. The third kappa shape index (κ3) is 4.22. The van der Waals surface area contributed by atoms with Gasteiger partial charge in [0.05, 0.1) is 24.8 Å². The van der Waals surface area contributed by atoms with Crippen LogP contribution in [0.5, 0.6) is 5.88 Å². The van der Waals surface area contributed by atoms with Gasteiger partial charge in [-0.1, -0.05) is 12.1 Å². The summed E-state index contributed by atoms with van der Waals surface area (Å²) in [5.41, 5.74) is 1.61. The Labute approximate surface area is 172 Å². The zero-order valence-electron chi connectivity index (χ0n) is 16.5. The van der Waals surface area contributed by atoms with Crippen molar-refractivity contribution in [2.45, 2.75) is 18.8 Å². The molecule has 0 unspecified atom stereocenters. The molecule has 2 aromatic heterocycles. The minimum Gasteiger partial charge on any atom is -0.481 e. The number of nitrogens with one attached hydrogen (secondary N) is 1. The van der Waals surface area contributed by atoms with Gasteiger partial charge >= 0.3 is 0 Å². The second-order valence-corrected chi connectivity index (χ2v) is 7.20. The number of aromatic nitrogens is 3. The highest BCUT2D eigenvalue weighted by Crippen LogP contribution is 2.29. The molecule has 7 nitrogen and oxygen atoms in total. The van der Waals surface area contributed by atoms with E-state index in [0.29, 0.717) is 42.5 Å². The number of carbonyl (C=O) groups is 1. The summed E-state index contributed by atoms with van der Waals surface area (Å²) in [4.78, 5) is 38.2. The normalized spacial score (nSPS) is 15.9. The van der Waals surface area contributed by atoms with Gasteiger partial charge in [-0.3, -0.25) is 9.59 Å². The largest absolute Gasteiger partial charge is 0.481 e. The van der Waals surface area contributed by atoms with Gasteiger partial charge in [0.2, 0.25) is 11.8 Å². The molecule has 3 aromatic rings. The first-order valence-corrected chi connectivity index (χ1v) is 9.66. The van der Waals surface area contributed by atoms with E-state index in [1.165, 1.54) is 25.3 Å². The zero-order valence-corrected chi connectivity index (χ0v) is 16.5. The fraction of sp³-hybridized carbons (Fsp3) is 0.273. The first-order chi connectivity index (χ1) is 14.5. The molecule has 3 heterocycles. The number of nitrogens with zero attached hydrogens (tertiary/aromatic N) is 3. The summed E-state index contributed by atoms with van der Waals surface area (Å²) in [6, 6.07) is 10.9. The smallest absolute Gasteiger partial charge is 0.251 e. The van der Waals surface area contributed by atoms with Crippen LogP contribution in [0.1, 0.15) is 23.7 Å². The molecule has 1 amide bonds. The first-order valence-electron chi connectivity index (χ1n) is 9.66. The lowest BCUT2D eigenvalue weighted by Gasteiger charge is -2.17. The van der Waals surface area contributed by atoms with Gasteiger partial charge in [0.1, 0.15) is 11.6 Å². The Bertz CT molecular complexity index is 1110. The number of pyridine rings is 1. The van der Waals surface area contributed by atoms with Crippen LogP contribution >= 0.6 is 0 Å². The second kappa shape index (κ2) is 8.44. The van der Waals surface area contributed by atoms with Crippen molar-refractivity contribution >= 4 is 5.91 Å². The van der Waals surface area contributed by atoms with Gasteiger partial charge in [-0.2, -0.15) is 0 Å². The first kappa shape index (κ1) is 19.8. The maximum Gasteiger partial charge on any atom is 0.251 e. The van der Waals surface area contributed by atoms with Crippen molar-refractivity contribution in [3.05, 3.63) is 76.2 Å². The number of hydrogen-bond donors (Lipinski definition) is 1. The lowest BCUT2D eigenvalue weighted by molar-refractivity contribution is -0.129. The highest BCUT2D eigenvalue weighted by molar-refractivity contribution is 5.79. The van der Waals surface area contributed by atoms with Crippen molar-refractivity contribution in [2.75, 3.05) is 20.2 Å². The molecule has 0 saturated carbocycles. The summed E-state index contributed by atoms with van der Waals surface area (Å²) in [6.45, 7) is 1.05. The molecule has 1 aromatic carbocycles. The number of rotatable bonds is 5. The van der Waals surface area contributed by atoms with Crippen molar-refractivity contribution in [2.24, 2.45) is 0 Å². The van der Waals surface area contributed by atoms with Crippen LogP contribution in [0.4, 0.5) is 4.39 Å². The number of amides is 1. The predicted octanol–water partition coefficient (Wildman–Crippen LogP) is 2.54. The summed E-state index contributed by atoms with van der Waals surface area (Å²) in [6.07, 6.45) is 2.52. The van der Waals surface area contributed by atoms with Crippen LogP contribution in [0.25, 0.3) is 11.3 Å². The number of likely N-dealkylation sites (tertiary alicyclic amines) is 1. The number of halogens is 1. The van der Waals surface area contributed by atoms with Gasteiger partial charge < -0.3 is 14.6 Å². The highest BCUT2D eigenvalue weighted by atomic mass is 19.1. The molecule has 1 fully saturated rings. The van der Waals surface area contributed by atoms with Gasteiger partial charge in [-0.15, -0.1) is 0 Å². The van der Waals surface area contributed by atoms with Crippen molar-refractivity contribution in [1.29, 1.82) is 0 Å². The molecule has 1 N–H and O–H groups in total. The maximum absolute atomic E-state index is 13.1. The van der Waals surface area contributed by atoms with Gasteiger partial charge in [0.25, 0.3) is 5.56 Å². The summed E-state index contributed by atoms with van der Waals surface area (Å²) in [7, 11) is 1.52. The topological polar surface area (TPSA) is 88.2 Å². The average Bonchev–Trinajstić information content (AvgIpc) is 3.25. The molecule has 1 aliphatic rings. The van der Waals surface area contributed by atoms with E-state index in [1.54, 1.807) is 35.4 Å². The van der Waals surface area contributed by atoms with Crippen molar-refractivity contribution in [1.82, 2.24) is 19.9 Å². The van der Waals surface area contributed by atoms with Crippen LogP contribution in [0.3, 0.4) is 0 Å². The van der Waals surface area contributed by atoms with Gasteiger partial charge in [-0.25, -0.2) is 14.4 Å². The van der Waals surface area contributed by atoms with Crippen molar-refractivity contribution in [3.8, 4) is 17.1 Å². The summed E-state index contributed by atoms with van der Waals surface area (Å²) >= 11 is 0. The molecule has 0 spiro atoms. The third-order valence-corrected chi connectivity index (χ3v) is 5.20. The Morgan fingerprint density at radius 1 is 1.30 bits per heavy atom. The fourth-order valence-corrected chi connectivity index (χ4v) is 3.65. The van der Waals surface area contributed by atoms with Crippen molar-refractivity contribution in [3.63, 3.8) is 0 Å². The molecule has 4 rings (SSSR count). The number of aromatic amines is 1. The molecule has 8 heteroatoms. The number of ether oxygens (including phenoxy) is 1. The number of hydrogen-bond acceptors (Lipinski definition) is 5. The van der Waals surface area contributed by atoms with Gasteiger partial charge in [0.15, 0.2) is 0 Å². The van der Waals surface area contributed by atoms with E-state index < -0.39 is 0 Å². The van der Waals surface area contributed by atoms with Gasteiger partial charge in [0, 0.05) is 31.3 Å². The number of carbonyl (C=O) groups excluding carboxylic acids is 1. The zero-order chi connectivity index (χ0) is 21.1. The minimum atomic E-state index is -0.326. The van der Waals surface area contributed by atoms with Crippen LogP contribution in [-0.2, 0) is 11.2 Å². The minimum absolute atomic E-state index is 0.0310. The molecule has 0 radical (unpaired) electrons. The van der Waals surface area contributed by atoms with E-state index in [4.69, 9.17) is 4.74 Å². The van der Waals surface area contributed by atoms with E-state index in [9.17, 15) is 14.0 Å². The molecular formula is C22H21FN4O3. The SMILES string of the molecule is COc1ncccc1-c1cc(=O)[nH]c([C@H]2CCN(C(=O)Cc3ccc(F)cc3)C2)n1. The third-order valence-electron chi connectivity index (χ3n) is 5.20. The average molecular weight is 408 g/mol. The predicted molar refractivity (Wildman–Crippen MR) is 109 cm³/mol. The molecule has 1 saturated heterocycles. The van der Waals surface area contributed by atoms with Crippen LogP contribution in [-0.4, -0.2) is 46.0 Å². The van der Waals surface area contributed by atoms with Crippen LogP contribution < -0.4 is 10.3 Å². The second-order valence-electron chi connectivity index (χ2n) is 7.20. The molecule has 1 atom stereocenters. The maximum atomic E-state index is 13.1. The van der Waals surface area contributed by atoms with E-state index in [2.05, 4.69) is 15.0 Å². The van der Waals surface area contributed by atoms with Gasteiger partial charge in [-0.05, 0) is 36.2 Å². The Kier molecular flexibility index (Phi) is 5.56. The van der Waals surface area contributed by atoms with E-state index in [1.807, 2.05) is 0 Å². The van der Waals surface area contributed by atoms with Crippen LogP contribution in [0, 0.1) is 5.82 Å². The van der Waals surface area contributed by atoms with E-state index in [0.717, 1.165) is 5.56 Å². The lowest BCUT2D eigenvalue weighted by Crippen LogP contribution is -2.30. The lowest BCUT2D eigenvalue weighted by atomic mass is 10.1. The monoisotopic (exact) mass is 408 g/mol. The Hall–Kier alpha value is -3.55. The molecule has 1 aliphatic heterocycles. The summed E-state index contributed by atoms with van der Waals surface area (Å²) in [5.74, 6) is 0.506. The van der Waals surface area contributed by atoms with E-state index >= 15 is 0 Å². The number of H-pyrrole nitrogens is 1. The van der Waals surface area contributed by atoms with Crippen LogP contribution in [0.2, 0.25) is 0 Å². The molecule has 154 valence electrons. The van der Waals surface area contributed by atoms with Crippen LogP contribution in [0.15, 0.2) is 53.5 Å². The Balaban J connectivity index is 1.51.